The Labute approximate surface area is 116 Å². The number of ketones is 1. The van der Waals surface area contributed by atoms with Crippen molar-refractivity contribution in [1.29, 1.82) is 0 Å². The van der Waals surface area contributed by atoms with E-state index in [1.807, 2.05) is 24.3 Å². The first-order valence-corrected chi connectivity index (χ1v) is 7.47. The number of fused-ring (bicyclic) bond motifs is 2. The molecule has 0 amide bonds. The molecule has 2 N–H and O–H groups in total. The molecule has 1 aromatic carbocycles. The predicted octanol–water partition coefficient (Wildman–Crippen LogP) is 2.93. The van der Waals surface area contributed by atoms with Crippen LogP contribution in [0.2, 0.25) is 0 Å². The van der Waals surface area contributed by atoms with Crippen LogP contribution >= 0.6 is 15.9 Å². The Kier molecular flexibility index (Phi) is 3.29. The van der Waals surface area contributed by atoms with Gasteiger partial charge in [-0.1, -0.05) is 28.1 Å². The van der Waals surface area contributed by atoms with Gasteiger partial charge in [-0.15, -0.1) is 0 Å². The lowest BCUT2D eigenvalue weighted by Crippen LogP contribution is -2.40. The van der Waals surface area contributed by atoms with E-state index < -0.39 is 0 Å². The molecule has 0 aromatic heterocycles. The number of rotatable bonds is 3. The fourth-order valence-corrected chi connectivity index (χ4v) is 4.23. The van der Waals surface area contributed by atoms with E-state index in [9.17, 15) is 4.79 Å². The molecule has 0 aliphatic heterocycles. The molecule has 96 valence electrons. The van der Waals surface area contributed by atoms with Gasteiger partial charge in [-0.25, -0.2) is 0 Å². The Balaban J connectivity index is 1.72. The van der Waals surface area contributed by atoms with E-state index in [2.05, 4.69) is 15.9 Å². The SMILES string of the molecule is NC1C2CCC(C2)C1C(=O)Cc1cccc(Br)c1. The zero-order valence-electron chi connectivity index (χ0n) is 10.3. The van der Waals surface area contributed by atoms with Crippen molar-refractivity contribution in [3.05, 3.63) is 34.3 Å². The minimum atomic E-state index is 0.114. The van der Waals surface area contributed by atoms with Crippen LogP contribution in [0.5, 0.6) is 0 Å². The highest BCUT2D eigenvalue weighted by Gasteiger charge is 2.48. The van der Waals surface area contributed by atoms with Crippen LogP contribution in [0.15, 0.2) is 28.7 Å². The summed E-state index contributed by atoms with van der Waals surface area (Å²) >= 11 is 3.44. The molecule has 18 heavy (non-hydrogen) atoms. The zero-order valence-corrected chi connectivity index (χ0v) is 11.9. The zero-order chi connectivity index (χ0) is 12.7. The second-order valence-electron chi connectivity index (χ2n) is 5.71. The van der Waals surface area contributed by atoms with E-state index in [1.54, 1.807) is 0 Å². The first kappa shape index (κ1) is 12.4. The fraction of sp³-hybridized carbons (Fsp3) is 0.533. The van der Waals surface area contributed by atoms with Crippen LogP contribution in [-0.4, -0.2) is 11.8 Å². The van der Waals surface area contributed by atoms with Crippen molar-refractivity contribution in [2.45, 2.75) is 31.7 Å². The largest absolute Gasteiger partial charge is 0.327 e. The predicted molar refractivity (Wildman–Crippen MR) is 75.1 cm³/mol. The van der Waals surface area contributed by atoms with Gasteiger partial charge in [-0.2, -0.15) is 0 Å². The van der Waals surface area contributed by atoms with E-state index >= 15 is 0 Å². The number of Topliss-reactive ketones (excluding diaryl/α,β-unsaturated/α-hetero) is 1. The van der Waals surface area contributed by atoms with Crippen molar-refractivity contribution in [3.8, 4) is 0 Å². The summed E-state index contributed by atoms with van der Waals surface area (Å²) < 4.78 is 1.03. The van der Waals surface area contributed by atoms with Crippen molar-refractivity contribution < 1.29 is 4.79 Å². The number of carbonyl (C=O) groups excluding carboxylic acids is 1. The van der Waals surface area contributed by atoms with Crippen molar-refractivity contribution in [1.82, 2.24) is 0 Å². The van der Waals surface area contributed by atoms with Crippen LogP contribution in [0.25, 0.3) is 0 Å². The van der Waals surface area contributed by atoms with E-state index in [1.165, 1.54) is 19.3 Å². The standard InChI is InChI=1S/C15H18BrNO/c16-12-3-1-2-9(6-12)7-13(18)14-10-4-5-11(8-10)15(14)17/h1-3,6,10-11,14-15H,4-5,7-8,17H2. The van der Waals surface area contributed by atoms with Gasteiger partial charge in [0.15, 0.2) is 0 Å². The summed E-state index contributed by atoms with van der Waals surface area (Å²) in [5.41, 5.74) is 7.31. The summed E-state index contributed by atoms with van der Waals surface area (Å²) in [7, 11) is 0. The molecule has 3 heteroatoms. The quantitative estimate of drug-likeness (QED) is 0.933. The van der Waals surface area contributed by atoms with Crippen LogP contribution in [0, 0.1) is 17.8 Å². The minimum absolute atomic E-state index is 0.114. The maximum Gasteiger partial charge on any atom is 0.142 e. The maximum absolute atomic E-state index is 12.4. The molecule has 2 bridgehead atoms. The summed E-state index contributed by atoms with van der Waals surface area (Å²) in [6.07, 6.45) is 4.14. The molecule has 4 atom stereocenters. The Morgan fingerprint density at radius 3 is 2.78 bits per heavy atom. The molecule has 3 rings (SSSR count). The molecule has 2 saturated carbocycles. The van der Waals surface area contributed by atoms with Crippen molar-refractivity contribution in [2.24, 2.45) is 23.5 Å². The molecular weight excluding hydrogens is 290 g/mol. The van der Waals surface area contributed by atoms with E-state index in [0.717, 1.165) is 10.0 Å². The summed E-state index contributed by atoms with van der Waals surface area (Å²) in [6, 6.07) is 8.12. The average molecular weight is 308 g/mol. The third-order valence-corrected chi connectivity index (χ3v) is 5.11. The summed E-state index contributed by atoms with van der Waals surface area (Å²) in [5.74, 6) is 1.62. The molecule has 1 aromatic rings. The third-order valence-electron chi connectivity index (χ3n) is 4.62. The van der Waals surface area contributed by atoms with E-state index in [0.29, 0.717) is 24.0 Å². The van der Waals surface area contributed by atoms with Gasteiger partial charge in [0.25, 0.3) is 0 Å². The Morgan fingerprint density at radius 2 is 2.11 bits per heavy atom. The number of carbonyl (C=O) groups is 1. The van der Waals surface area contributed by atoms with Gasteiger partial charge >= 0.3 is 0 Å². The van der Waals surface area contributed by atoms with Crippen molar-refractivity contribution >= 4 is 21.7 Å². The van der Waals surface area contributed by atoms with E-state index in [4.69, 9.17) is 5.73 Å². The Hall–Kier alpha value is -0.670. The van der Waals surface area contributed by atoms with Gasteiger partial charge in [-0.05, 0) is 48.8 Å². The molecule has 0 radical (unpaired) electrons. The topological polar surface area (TPSA) is 43.1 Å². The van der Waals surface area contributed by atoms with Gasteiger partial charge in [0.2, 0.25) is 0 Å². The molecule has 2 aliphatic rings. The first-order valence-electron chi connectivity index (χ1n) is 6.68. The summed E-state index contributed by atoms with van der Waals surface area (Å²) in [5, 5.41) is 0. The third kappa shape index (κ3) is 2.14. The van der Waals surface area contributed by atoms with Gasteiger partial charge in [-0.3, -0.25) is 4.79 Å². The lowest BCUT2D eigenvalue weighted by atomic mass is 9.80. The number of benzene rings is 1. The average Bonchev–Trinajstić information content (AvgIpc) is 2.89. The molecular formula is C15H18BrNO. The maximum atomic E-state index is 12.4. The van der Waals surface area contributed by atoms with Crippen LogP contribution < -0.4 is 5.73 Å². The normalized spacial score (nSPS) is 33.9. The van der Waals surface area contributed by atoms with Gasteiger partial charge in [0.05, 0.1) is 0 Å². The molecule has 4 unspecified atom stereocenters. The number of hydrogen-bond acceptors (Lipinski definition) is 2. The highest BCUT2D eigenvalue weighted by molar-refractivity contribution is 9.10. The van der Waals surface area contributed by atoms with Crippen molar-refractivity contribution in [3.63, 3.8) is 0 Å². The molecule has 0 saturated heterocycles. The highest BCUT2D eigenvalue weighted by atomic mass is 79.9. The number of halogens is 1. The first-order chi connectivity index (χ1) is 8.65. The molecule has 2 fully saturated rings. The number of nitrogens with two attached hydrogens (primary N) is 1. The van der Waals surface area contributed by atoms with Gasteiger partial charge in [0, 0.05) is 22.9 Å². The highest BCUT2D eigenvalue weighted by Crippen LogP contribution is 2.48. The lowest BCUT2D eigenvalue weighted by Gasteiger charge is -2.26. The summed E-state index contributed by atoms with van der Waals surface area (Å²) in [6.45, 7) is 0. The van der Waals surface area contributed by atoms with Crippen LogP contribution in [-0.2, 0) is 11.2 Å². The molecule has 2 aliphatic carbocycles. The van der Waals surface area contributed by atoms with Gasteiger partial charge < -0.3 is 5.73 Å². The Bertz CT molecular complexity index is 471. The Morgan fingerprint density at radius 1 is 1.33 bits per heavy atom. The molecule has 2 nitrogen and oxygen atoms in total. The molecule has 0 heterocycles. The van der Waals surface area contributed by atoms with Crippen LogP contribution in [0.3, 0.4) is 0 Å². The van der Waals surface area contributed by atoms with Crippen LogP contribution in [0.1, 0.15) is 24.8 Å². The van der Waals surface area contributed by atoms with Gasteiger partial charge in [0.1, 0.15) is 5.78 Å². The minimum Gasteiger partial charge on any atom is -0.327 e. The van der Waals surface area contributed by atoms with Crippen molar-refractivity contribution in [2.75, 3.05) is 0 Å². The van der Waals surface area contributed by atoms with Crippen LogP contribution in [0.4, 0.5) is 0 Å². The second kappa shape index (κ2) is 4.78. The lowest BCUT2D eigenvalue weighted by molar-refractivity contribution is -0.124. The molecule has 0 spiro atoms. The monoisotopic (exact) mass is 307 g/mol. The summed E-state index contributed by atoms with van der Waals surface area (Å²) in [4.78, 5) is 12.4. The fourth-order valence-electron chi connectivity index (χ4n) is 3.78. The smallest absolute Gasteiger partial charge is 0.142 e. The van der Waals surface area contributed by atoms with E-state index in [-0.39, 0.29) is 12.0 Å². The second-order valence-corrected chi connectivity index (χ2v) is 6.63. The number of hydrogen-bond donors (Lipinski definition) is 1.